The minimum Gasteiger partial charge on any atom is -0.283 e. The van der Waals surface area contributed by atoms with Gasteiger partial charge in [0.05, 0.1) is 23.2 Å². The summed E-state index contributed by atoms with van der Waals surface area (Å²) in [7, 11) is 0. The Hall–Kier alpha value is -3.12. The zero-order valence-corrected chi connectivity index (χ0v) is 17.0. The molecule has 29 heavy (non-hydrogen) atoms. The van der Waals surface area contributed by atoms with Gasteiger partial charge in [0.2, 0.25) is 5.91 Å². The molecule has 2 aromatic carbocycles. The summed E-state index contributed by atoms with van der Waals surface area (Å²) in [4.78, 5) is 23.8. The van der Waals surface area contributed by atoms with Crippen molar-refractivity contribution in [2.45, 2.75) is 26.8 Å². The Labute approximate surface area is 172 Å². The second kappa shape index (κ2) is 8.09. The Morgan fingerprint density at radius 2 is 1.66 bits per heavy atom. The van der Waals surface area contributed by atoms with Crippen LogP contribution >= 0.6 is 11.3 Å². The first-order chi connectivity index (χ1) is 14.0. The SMILES string of the molecule is Cc1ccc(C)c2sc(N(Cc3ccncc3)C(=O)Cc3ccc(F)cc3)nc12. The van der Waals surface area contributed by atoms with Crippen LogP contribution in [-0.4, -0.2) is 15.9 Å². The fraction of sp³-hybridized carbons (Fsp3) is 0.174. The van der Waals surface area contributed by atoms with Crippen molar-refractivity contribution in [1.29, 1.82) is 0 Å². The number of nitrogens with zero attached hydrogens (tertiary/aromatic N) is 3. The number of carbonyl (C=O) groups is 1. The Balaban J connectivity index is 1.72. The van der Waals surface area contributed by atoms with Crippen molar-refractivity contribution in [3.63, 3.8) is 0 Å². The summed E-state index contributed by atoms with van der Waals surface area (Å²) in [6.45, 7) is 4.48. The van der Waals surface area contributed by atoms with Crippen molar-refractivity contribution < 1.29 is 9.18 Å². The lowest BCUT2D eigenvalue weighted by Crippen LogP contribution is -2.31. The van der Waals surface area contributed by atoms with E-state index in [1.165, 1.54) is 23.5 Å². The van der Waals surface area contributed by atoms with Gasteiger partial charge in [0.25, 0.3) is 0 Å². The smallest absolute Gasteiger partial charge is 0.233 e. The maximum absolute atomic E-state index is 13.2. The number of pyridine rings is 1. The quantitative estimate of drug-likeness (QED) is 0.457. The molecule has 4 aromatic rings. The van der Waals surface area contributed by atoms with Crippen LogP contribution in [0.1, 0.15) is 22.3 Å². The maximum atomic E-state index is 13.2. The summed E-state index contributed by atoms with van der Waals surface area (Å²) in [6.07, 6.45) is 3.61. The molecule has 2 aromatic heterocycles. The van der Waals surface area contributed by atoms with E-state index < -0.39 is 0 Å². The first kappa shape index (κ1) is 19.2. The van der Waals surface area contributed by atoms with Crippen LogP contribution in [0.5, 0.6) is 0 Å². The van der Waals surface area contributed by atoms with Gasteiger partial charge in [-0.3, -0.25) is 14.7 Å². The van der Waals surface area contributed by atoms with E-state index in [0.717, 1.165) is 32.5 Å². The molecule has 0 aliphatic heterocycles. The minimum absolute atomic E-state index is 0.0808. The summed E-state index contributed by atoms with van der Waals surface area (Å²) in [6, 6.07) is 13.9. The number of benzene rings is 2. The molecule has 0 aliphatic rings. The summed E-state index contributed by atoms with van der Waals surface area (Å²) < 4.78 is 14.3. The first-order valence-electron chi connectivity index (χ1n) is 9.32. The number of anilines is 1. The average molecular weight is 405 g/mol. The van der Waals surface area contributed by atoms with Gasteiger partial charge in [-0.25, -0.2) is 9.37 Å². The third-order valence-corrected chi connectivity index (χ3v) is 6.04. The number of fused-ring (bicyclic) bond motifs is 1. The highest BCUT2D eigenvalue weighted by Gasteiger charge is 2.21. The molecule has 4 nitrogen and oxygen atoms in total. The molecule has 0 saturated heterocycles. The van der Waals surface area contributed by atoms with E-state index in [2.05, 4.69) is 24.0 Å². The number of aromatic nitrogens is 2. The zero-order chi connectivity index (χ0) is 20.4. The minimum atomic E-state index is -0.313. The molecular weight excluding hydrogens is 385 g/mol. The summed E-state index contributed by atoms with van der Waals surface area (Å²) in [5, 5.41) is 0.668. The molecule has 0 unspecified atom stereocenters. The van der Waals surface area contributed by atoms with E-state index >= 15 is 0 Å². The van der Waals surface area contributed by atoms with Gasteiger partial charge in [0.1, 0.15) is 5.82 Å². The molecule has 0 saturated carbocycles. The van der Waals surface area contributed by atoms with Gasteiger partial charge < -0.3 is 0 Å². The highest BCUT2D eigenvalue weighted by molar-refractivity contribution is 7.22. The highest BCUT2D eigenvalue weighted by Crippen LogP contribution is 2.34. The van der Waals surface area contributed by atoms with Gasteiger partial charge in [0.15, 0.2) is 5.13 Å². The van der Waals surface area contributed by atoms with Crippen molar-refractivity contribution in [2.24, 2.45) is 0 Å². The van der Waals surface area contributed by atoms with Crippen LogP contribution in [-0.2, 0) is 17.8 Å². The molecule has 0 atom stereocenters. The van der Waals surface area contributed by atoms with Crippen LogP contribution in [0.25, 0.3) is 10.2 Å². The van der Waals surface area contributed by atoms with Crippen LogP contribution in [0.3, 0.4) is 0 Å². The van der Waals surface area contributed by atoms with Crippen molar-refractivity contribution in [3.8, 4) is 0 Å². The normalized spacial score (nSPS) is 11.0. The molecular formula is C23H20FN3OS. The lowest BCUT2D eigenvalue weighted by Gasteiger charge is -2.20. The van der Waals surface area contributed by atoms with Gasteiger partial charge >= 0.3 is 0 Å². The number of hydrogen-bond acceptors (Lipinski definition) is 4. The molecule has 0 radical (unpaired) electrons. The zero-order valence-electron chi connectivity index (χ0n) is 16.2. The van der Waals surface area contributed by atoms with Crippen LogP contribution in [0.4, 0.5) is 9.52 Å². The van der Waals surface area contributed by atoms with E-state index in [1.807, 2.05) is 19.1 Å². The molecule has 6 heteroatoms. The molecule has 0 bridgehead atoms. The second-order valence-corrected chi connectivity index (χ2v) is 7.99. The van der Waals surface area contributed by atoms with E-state index in [-0.39, 0.29) is 18.1 Å². The van der Waals surface area contributed by atoms with E-state index in [0.29, 0.717) is 11.7 Å². The number of carbonyl (C=O) groups excluding carboxylic acids is 1. The monoisotopic (exact) mass is 405 g/mol. The molecule has 4 rings (SSSR count). The van der Waals surface area contributed by atoms with Crippen LogP contribution in [0.15, 0.2) is 60.9 Å². The highest BCUT2D eigenvalue weighted by atomic mass is 32.1. The summed E-state index contributed by atoms with van der Waals surface area (Å²) in [5.74, 6) is -0.394. The Kier molecular flexibility index (Phi) is 5.36. The Bertz CT molecular complexity index is 1120. The topological polar surface area (TPSA) is 46.1 Å². The number of rotatable bonds is 5. The number of amides is 1. The van der Waals surface area contributed by atoms with Crippen molar-refractivity contribution >= 4 is 32.6 Å². The maximum Gasteiger partial charge on any atom is 0.233 e. The molecule has 0 N–H and O–H groups in total. The Morgan fingerprint density at radius 3 is 2.34 bits per heavy atom. The molecule has 0 fully saturated rings. The fourth-order valence-electron chi connectivity index (χ4n) is 3.17. The molecule has 0 aliphatic carbocycles. The van der Waals surface area contributed by atoms with Crippen molar-refractivity contribution in [1.82, 2.24) is 9.97 Å². The van der Waals surface area contributed by atoms with Crippen molar-refractivity contribution in [2.75, 3.05) is 4.90 Å². The Morgan fingerprint density at radius 1 is 0.966 bits per heavy atom. The van der Waals surface area contributed by atoms with Crippen LogP contribution < -0.4 is 4.90 Å². The van der Waals surface area contributed by atoms with Gasteiger partial charge in [-0.2, -0.15) is 0 Å². The van der Waals surface area contributed by atoms with E-state index in [4.69, 9.17) is 4.98 Å². The lowest BCUT2D eigenvalue weighted by molar-refractivity contribution is -0.118. The largest absolute Gasteiger partial charge is 0.283 e. The van der Waals surface area contributed by atoms with Gasteiger partial charge in [-0.05, 0) is 60.4 Å². The predicted molar refractivity (Wildman–Crippen MR) is 115 cm³/mol. The fourth-order valence-corrected chi connectivity index (χ4v) is 4.30. The van der Waals surface area contributed by atoms with E-state index in [9.17, 15) is 9.18 Å². The van der Waals surface area contributed by atoms with E-state index in [1.54, 1.807) is 29.4 Å². The second-order valence-electron chi connectivity index (χ2n) is 7.01. The van der Waals surface area contributed by atoms with Gasteiger partial charge in [0, 0.05) is 12.4 Å². The van der Waals surface area contributed by atoms with Crippen LogP contribution in [0, 0.1) is 19.7 Å². The molecule has 1 amide bonds. The number of thiazole rings is 1. The molecule has 0 spiro atoms. The van der Waals surface area contributed by atoms with Gasteiger partial charge in [-0.1, -0.05) is 35.6 Å². The first-order valence-corrected chi connectivity index (χ1v) is 10.1. The summed E-state index contributed by atoms with van der Waals surface area (Å²) >= 11 is 1.53. The number of aryl methyl sites for hydroxylation is 2. The van der Waals surface area contributed by atoms with Crippen LogP contribution in [0.2, 0.25) is 0 Å². The number of halogens is 1. The van der Waals surface area contributed by atoms with Gasteiger partial charge in [-0.15, -0.1) is 0 Å². The number of hydrogen-bond donors (Lipinski definition) is 0. The average Bonchev–Trinajstić information content (AvgIpc) is 3.18. The standard InChI is InChI=1S/C23H20FN3OS/c1-15-3-4-16(2)22-21(15)26-23(29-22)27(14-18-9-11-25-12-10-18)20(28)13-17-5-7-19(24)8-6-17/h3-12H,13-14H2,1-2H3. The third-order valence-electron chi connectivity index (χ3n) is 4.82. The third kappa shape index (κ3) is 4.17. The molecule has 146 valence electrons. The summed E-state index contributed by atoms with van der Waals surface area (Å²) in [5.41, 5.74) is 4.90. The molecule has 2 heterocycles. The lowest BCUT2D eigenvalue weighted by atomic mass is 10.1. The predicted octanol–water partition coefficient (Wildman–Crippen LogP) is 5.22. The van der Waals surface area contributed by atoms with Crippen molar-refractivity contribution in [3.05, 3.63) is 89.0 Å².